The Morgan fingerprint density at radius 2 is 1.46 bits per heavy atom. The molecule has 5 nitrogen and oxygen atoms in total. The number of benzene rings is 4. The van der Waals surface area contributed by atoms with Crippen molar-refractivity contribution < 1.29 is 21.2 Å². The van der Waals surface area contributed by atoms with Crippen LogP contribution >= 0.6 is 11.6 Å². The Balaban J connectivity index is 1.70. The van der Waals surface area contributed by atoms with Crippen LogP contribution in [-0.2, 0) is 33.0 Å². The van der Waals surface area contributed by atoms with Crippen molar-refractivity contribution >= 4 is 31.5 Å². The standard InChI is InChI=1S/C28H25ClFNO4S2/c1-20-7-3-4-12-28(20)37(34,35)31(19-25-26(29)10-6-11-27(25)30)18-21-13-15-22(16-14-21)23-8-5-9-24(17-23)36(2,32)33/h3-17H,18-19H2,1-2H3. The molecule has 4 aromatic carbocycles. The Bertz CT molecular complexity index is 1630. The van der Waals surface area contributed by atoms with Crippen LogP contribution in [0, 0.1) is 12.7 Å². The molecule has 4 aromatic rings. The van der Waals surface area contributed by atoms with Gasteiger partial charge in [0.15, 0.2) is 9.84 Å². The Hall–Kier alpha value is -3.04. The smallest absolute Gasteiger partial charge is 0.224 e. The minimum absolute atomic E-state index is 0.0228. The van der Waals surface area contributed by atoms with Gasteiger partial charge in [0, 0.05) is 29.9 Å². The summed E-state index contributed by atoms with van der Waals surface area (Å²) in [4.78, 5) is 0.350. The molecule has 0 spiro atoms. The van der Waals surface area contributed by atoms with Crippen LogP contribution in [0.2, 0.25) is 5.02 Å². The minimum Gasteiger partial charge on any atom is -0.224 e. The van der Waals surface area contributed by atoms with Crippen molar-refractivity contribution in [2.45, 2.75) is 29.8 Å². The third-order valence-electron chi connectivity index (χ3n) is 6.02. The number of hydrogen-bond donors (Lipinski definition) is 0. The summed E-state index contributed by atoms with van der Waals surface area (Å²) in [7, 11) is -7.36. The van der Waals surface area contributed by atoms with Crippen LogP contribution in [0.4, 0.5) is 4.39 Å². The van der Waals surface area contributed by atoms with Crippen LogP contribution in [0.25, 0.3) is 11.1 Å². The van der Waals surface area contributed by atoms with E-state index in [4.69, 9.17) is 11.6 Å². The first-order chi connectivity index (χ1) is 17.5. The second kappa shape index (κ2) is 10.8. The molecule has 192 valence electrons. The first-order valence-corrected chi connectivity index (χ1v) is 15.1. The van der Waals surface area contributed by atoms with Crippen molar-refractivity contribution in [3.05, 3.63) is 119 Å². The molecule has 0 aliphatic rings. The number of aryl methyl sites for hydroxylation is 1. The average molecular weight is 558 g/mol. The van der Waals surface area contributed by atoms with Crippen LogP contribution in [0.1, 0.15) is 16.7 Å². The quantitative estimate of drug-likeness (QED) is 0.257. The number of hydrogen-bond acceptors (Lipinski definition) is 4. The fourth-order valence-corrected chi connectivity index (χ4v) is 6.49. The lowest BCUT2D eigenvalue weighted by atomic mass is 10.0. The zero-order chi connectivity index (χ0) is 26.8. The summed E-state index contributed by atoms with van der Waals surface area (Å²) in [6, 6.07) is 24.6. The van der Waals surface area contributed by atoms with Gasteiger partial charge in [0.2, 0.25) is 10.0 Å². The first-order valence-electron chi connectivity index (χ1n) is 11.3. The maximum Gasteiger partial charge on any atom is 0.243 e. The predicted octanol–water partition coefficient (Wildman–Crippen LogP) is 6.25. The summed E-state index contributed by atoms with van der Waals surface area (Å²) >= 11 is 6.23. The van der Waals surface area contributed by atoms with E-state index in [1.54, 1.807) is 67.6 Å². The lowest BCUT2D eigenvalue weighted by Crippen LogP contribution is -2.31. The average Bonchev–Trinajstić information content (AvgIpc) is 2.85. The maximum atomic E-state index is 14.6. The summed E-state index contributed by atoms with van der Waals surface area (Å²) in [6.07, 6.45) is 1.15. The highest BCUT2D eigenvalue weighted by molar-refractivity contribution is 7.90. The molecule has 0 bridgehead atoms. The minimum atomic E-state index is -4.00. The zero-order valence-corrected chi connectivity index (χ0v) is 22.6. The molecule has 9 heteroatoms. The molecule has 0 aromatic heterocycles. The van der Waals surface area contributed by atoms with Gasteiger partial charge >= 0.3 is 0 Å². The monoisotopic (exact) mass is 557 g/mol. The molecule has 0 saturated heterocycles. The predicted molar refractivity (Wildman–Crippen MR) is 144 cm³/mol. The van der Waals surface area contributed by atoms with Crippen molar-refractivity contribution in [2.24, 2.45) is 0 Å². The van der Waals surface area contributed by atoms with Gasteiger partial charge in [0.25, 0.3) is 0 Å². The van der Waals surface area contributed by atoms with Gasteiger partial charge in [-0.15, -0.1) is 0 Å². The first kappa shape index (κ1) is 27.0. The summed E-state index contributed by atoms with van der Waals surface area (Å²) < 4.78 is 67.1. The van der Waals surface area contributed by atoms with E-state index in [-0.39, 0.29) is 33.5 Å². The molecule has 0 radical (unpaired) electrons. The Labute approximate surface area is 222 Å². The van der Waals surface area contributed by atoms with Crippen LogP contribution in [0.15, 0.2) is 101 Å². The fourth-order valence-electron chi connectivity index (χ4n) is 3.98. The summed E-state index contributed by atoms with van der Waals surface area (Å²) in [5.41, 5.74) is 2.84. The van der Waals surface area contributed by atoms with Gasteiger partial charge in [-0.05, 0) is 59.5 Å². The van der Waals surface area contributed by atoms with Gasteiger partial charge in [-0.3, -0.25) is 0 Å². The van der Waals surface area contributed by atoms with Crippen molar-refractivity contribution in [1.29, 1.82) is 0 Å². The Morgan fingerprint density at radius 3 is 2.11 bits per heavy atom. The highest BCUT2D eigenvalue weighted by Crippen LogP contribution is 2.29. The fraction of sp³-hybridized carbons (Fsp3) is 0.143. The summed E-state index contributed by atoms with van der Waals surface area (Å²) in [6.45, 7) is 1.44. The second-order valence-electron chi connectivity index (χ2n) is 8.74. The van der Waals surface area contributed by atoms with Crippen molar-refractivity contribution in [2.75, 3.05) is 6.26 Å². The van der Waals surface area contributed by atoms with Gasteiger partial charge in [-0.2, -0.15) is 4.31 Å². The van der Waals surface area contributed by atoms with Gasteiger partial charge in [-0.25, -0.2) is 21.2 Å². The van der Waals surface area contributed by atoms with E-state index in [1.807, 2.05) is 0 Å². The van der Waals surface area contributed by atoms with Gasteiger partial charge in [0.05, 0.1) is 9.79 Å². The summed E-state index contributed by atoms with van der Waals surface area (Å²) in [5, 5.41) is 0.145. The molecule has 0 unspecified atom stereocenters. The molecule has 0 amide bonds. The molecule has 37 heavy (non-hydrogen) atoms. The molecular formula is C28H25ClFNO4S2. The SMILES string of the molecule is Cc1ccccc1S(=O)(=O)N(Cc1ccc(-c2cccc(S(C)(=O)=O)c2)cc1)Cc1c(F)cccc1Cl. The highest BCUT2D eigenvalue weighted by Gasteiger charge is 2.28. The number of halogens is 2. The van der Waals surface area contributed by atoms with Crippen LogP contribution in [0.3, 0.4) is 0 Å². The number of sulfone groups is 1. The normalized spacial score (nSPS) is 12.1. The molecule has 0 saturated carbocycles. The molecule has 0 aliphatic heterocycles. The van der Waals surface area contributed by atoms with Crippen molar-refractivity contribution in [3.8, 4) is 11.1 Å². The number of nitrogens with zero attached hydrogens (tertiary/aromatic N) is 1. The zero-order valence-electron chi connectivity index (χ0n) is 20.2. The third-order valence-corrected chi connectivity index (χ3v) is 9.43. The van der Waals surface area contributed by atoms with E-state index in [0.29, 0.717) is 11.1 Å². The lowest BCUT2D eigenvalue weighted by Gasteiger charge is -2.24. The van der Waals surface area contributed by atoms with E-state index in [0.717, 1.165) is 17.4 Å². The second-order valence-corrected chi connectivity index (χ2v) is 13.1. The van der Waals surface area contributed by atoms with E-state index in [1.165, 1.54) is 34.6 Å². The van der Waals surface area contributed by atoms with E-state index >= 15 is 0 Å². The molecule has 0 heterocycles. The lowest BCUT2D eigenvalue weighted by molar-refractivity contribution is 0.393. The van der Waals surface area contributed by atoms with Crippen molar-refractivity contribution in [3.63, 3.8) is 0 Å². The van der Waals surface area contributed by atoms with Crippen molar-refractivity contribution in [1.82, 2.24) is 4.31 Å². The molecule has 0 atom stereocenters. The number of rotatable bonds is 8. The highest BCUT2D eigenvalue weighted by atomic mass is 35.5. The Morgan fingerprint density at radius 1 is 0.784 bits per heavy atom. The van der Waals surface area contributed by atoms with Crippen LogP contribution in [0.5, 0.6) is 0 Å². The van der Waals surface area contributed by atoms with Gasteiger partial charge in [-0.1, -0.05) is 72.3 Å². The molecule has 0 N–H and O–H groups in total. The molecule has 4 rings (SSSR count). The molecule has 0 aliphatic carbocycles. The van der Waals surface area contributed by atoms with Gasteiger partial charge in [0.1, 0.15) is 5.82 Å². The topological polar surface area (TPSA) is 71.5 Å². The van der Waals surface area contributed by atoms with E-state index in [9.17, 15) is 21.2 Å². The van der Waals surface area contributed by atoms with Gasteiger partial charge < -0.3 is 0 Å². The largest absolute Gasteiger partial charge is 0.243 e. The van der Waals surface area contributed by atoms with Crippen LogP contribution in [-0.4, -0.2) is 27.4 Å². The Kier molecular flexibility index (Phi) is 7.85. The number of sulfonamides is 1. The van der Waals surface area contributed by atoms with E-state index in [2.05, 4.69) is 0 Å². The molecule has 0 fully saturated rings. The third kappa shape index (κ3) is 6.10. The molecular weight excluding hydrogens is 533 g/mol. The summed E-state index contributed by atoms with van der Waals surface area (Å²) in [5.74, 6) is -0.585. The maximum absolute atomic E-state index is 14.6. The van der Waals surface area contributed by atoms with E-state index < -0.39 is 25.7 Å². The van der Waals surface area contributed by atoms with Crippen LogP contribution < -0.4 is 0 Å².